The molecule has 2 rings (SSSR count). The SMILES string of the molecule is CN(C)C(N)=NCC(=O)N1CCc2ccccc2C1. The van der Waals surface area contributed by atoms with Crippen molar-refractivity contribution in [2.45, 2.75) is 13.0 Å². The topological polar surface area (TPSA) is 61.9 Å². The molecule has 1 aliphatic rings. The molecule has 0 bridgehead atoms. The highest BCUT2D eigenvalue weighted by Crippen LogP contribution is 2.18. The van der Waals surface area contributed by atoms with Crippen LogP contribution in [-0.2, 0) is 17.8 Å². The van der Waals surface area contributed by atoms with Crippen LogP contribution in [-0.4, -0.2) is 48.9 Å². The van der Waals surface area contributed by atoms with Crippen LogP contribution in [0.15, 0.2) is 29.3 Å². The fourth-order valence-electron chi connectivity index (χ4n) is 2.10. The Labute approximate surface area is 113 Å². The van der Waals surface area contributed by atoms with Crippen molar-refractivity contribution in [3.63, 3.8) is 0 Å². The second-order valence-electron chi connectivity index (χ2n) is 4.90. The quantitative estimate of drug-likeness (QED) is 0.620. The molecule has 0 atom stereocenters. The molecule has 19 heavy (non-hydrogen) atoms. The van der Waals surface area contributed by atoms with Crippen LogP contribution in [0.1, 0.15) is 11.1 Å². The summed E-state index contributed by atoms with van der Waals surface area (Å²) in [6, 6.07) is 8.25. The third-order valence-electron chi connectivity index (χ3n) is 3.32. The van der Waals surface area contributed by atoms with E-state index in [2.05, 4.69) is 17.1 Å². The van der Waals surface area contributed by atoms with Crippen molar-refractivity contribution in [3.8, 4) is 0 Å². The van der Waals surface area contributed by atoms with Gasteiger partial charge in [0.2, 0.25) is 5.91 Å². The molecule has 0 aromatic heterocycles. The van der Waals surface area contributed by atoms with Gasteiger partial charge < -0.3 is 15.5 Å². The highest BCUT2D eigenvalue weighted by molar-refractivity contribution is 5.84. The smallest absolute Gasteiger partial charge is 0.244 e. The van der Waals surface area contributed by atoms with Crippen LogP contribution >= 0.6 is 0 Å². The standard InChI is InChI=1S/C14H20N4O/c1-17(2)14(15)16-9-13(19)18-8-7-11-5-3-4-6-12(11)10-18/h3-6H,7-10H2,1-2H3,(H2,15,16). The lowest BCUT2D eigenvalue weighted by Crippen LogP contribution is -2.38. The summed E-state index contributed by atoms with van der Waals surface area (Å²) in [5, 5.41) is 0. The van der Waals surface area contributed by atoms with Gasteiger partial charge in [0.05, 0.1) is 0 Å². The largest absolute Gasteiger partial charge is 0.370 e. The van der Waals surface area contributed by atoms with E-state index in [1.165, 1.54) is 11.1 Å². The first-order valence-corrected chi connectivity index (χ1v) is 6.39. The average Bonchev–Trinajstić information content (AvgIpc) is 2.43. The predicted octanol–water partition coefficient (Wildman–Crippen LogP) is 0.448. The lowest BCUT2D eigenvalue weighted by Gasteiger charge is -2.28. The Kier molecular flexibility index (Phi) is 4.04. The van der Waals surface area contributed by atoms with E-state index in [1.807, 2.05) is 17.0 Å². The molecule has 102 valence electrons. The number of rotatable bonds is 2. The number of guanidine groups is 1. The van der Waals surface area contributed by atoms with Crippen molar-refractivity contribution in [2.24, 2.45) is 10.7 Å². The van der Waals surface area contributed by atoms with Crippen molar-refractivity contribution in [3.05, 3.63) is 35.4 Å². The van der Waals surface area contributed by atoms with Crippen LogP contribution in [0.3, 0.4) is 0 Å². The fraction of sp³-hybridized carbons (Fsp3) is 0.429. The van der Waals surface area contributed by atoms with E-state index in [-0.39, 0.29) is 12.5 Å². The normalized spacial score (nSPS) is 15.1. The summed E-state index contributed by atoms with van der Waals surface area (Å²) in [4.78, 5) is 19.7. The number of nitrogens with zero attached hydrogens (tertiary/aromatic N) is 3. The Hall–Kier alpha value is -2.04. The molecule has 1 aromatic carbocycles. The zero-order valence-corrected chi connectivity index (χ0v) is 11.5. The molecule has 0 radical (unpaired) electrons. The molecule has 0 spiro atoms. The summed E-state index contributed by atoms with van der Waals surface area (Å²) in [5.41, 5.74) is 8.24. The van der Waals surface area contributed by atoms with Gasteiger partial charge in [0, 0.05) is 27.2 Å². The number of benzene rings is 1. The molecule has 0 aliphatic carbocycles. The molecule has 0 unspecified atom stereocenters. The van der Waals surface area contributed by atoms with Gasteiger partial charge in [0.1, 0.15) is 6.54 Å². The number of fused-ring (bicyclic) bond motifs is 1. The molecule has 1 heterocycles. The zero-order valence-electron chi connectivity index (χ0n) is 11.5. The maximum absolute atomic E-state index is 12.1. The monoisotopic (exact) mass is 260 g/mol. The Morgan fingerprint density at radius 1 is 1.37 bits per heavy atom. The van der Waals surface area contributed by atoms with Gasteiger partial charge in [-0.1, -0.05) is 24.3 Å². The van der Waals surface area contributed by atoms with Crippen molar-refractivity contribution >= 4 is 11.9 Å². The maximum Gasteiger partial charge on any atom is 0.244 e. The molecule has 0 saturated heterocycles. The molecule has 1 aromatic rings. The third-order valence-corrected chi connectivity index (χ3v) is 3.32. The molecule has 1 aliphatic heterocycles. The highest BCUT2D eigenvalue weighted by Gasteiger charge is 2.19. The first-order chi connectivity index (χ1) is 9.08. The summed E-state index contributed by atoms with van der Waals surface area (Å²) in [7, 11) is 3.61. The van der Waals surface area contributed by atoms with Gasteiger partial charge in [-0.3, -0.25) is 4.79 Å². The summed E-state index contributed by atoms with van der Waals surface area (Å²) >= 11 is 0. The molecule has 0 fully saturated rings. The van der Waals surface area contributed by atoms with Crippen molar-refractivity contribution < 1.29 is 4.79 Å². The second-order valence-corrected chi connectivity index (χ2v) is 4.90. The zero-order chi connectivity index (χ0) is 13.8. The van der Waals surface area contributed by atoms with Crippen molar-refractivity contribution in [1.29, 1.82) is 0 Å². The lowest BCUT2D eigenvalue weighted by atomic mass is 10.00. The molecule has 5 heteroatoms. The van der Waals surface area contributed by atoms with E-state index in [1.54, 1.807) is 19.0 Å². The minimum atomic E-state index is 0.0271. The minimum Gasteiger partial charge on any atom is -0.370 e. The first-order valence-electron chi connectivity index (χ1n) is 6.39. The fourth-order valence-corrected chi connectivity index (χ4v) is 2.10. The number of aliphatic imine (C=N–C) groups is 1. The van der Waals surface area contributed by atoms with Gasteiger partial charge in [-0.15, -0.1) is 0 Å². The van der Waals surface area contributed by atoms with E-state index >= 15 is 0 Å². The Bertz CT molecular complexity index is 496. The van der Waals surface area contributed by atoms with Crippen molar-refractivity contribution in [2.75, 3.05) is 27.2 Å². The summed E-state index contributed by atoms with van der Waals surface area (Å²) in [6.07, 6.45) is 0.911. The number of hydrogen-bond donors (Lipinski definition) is 1. The van der Waals surface area contributed by atoms with Crippen LogP contribution in [0.2, 0.25) is 0 Å². The average molecular weight is 260 g/mol. The highest BCUT2D eigenvalue weighted by atomic mass is 16.2. The van der Waals surface area contributed by atoms with E-state index in [9.17, 15) is 4.79 Å². The van der Waals surface area contributed by atoms with Gasteiger partial charge >= 0.3 is 0 Å². The summed E-state index contributed by atoms with van der Waals surface area (Å²) < 4.78 is 0. The second kappa shape index (κ2) is 5.73. The van der Waals surface area contributed by atoms with Gasteiger partial charge in [0.25, 0.3) is 0 Å². The molecule has 2 N–H and O–H groups in total. The van der Waals surface area contributed by atoms with Gasteiger partial charge in [-0.25, -0.2) is 4.99 Å². The summed E-state index contributed by atoms with van der Waals surface area (Å²) in [6.45, 7) is 1.55. The summed E-state index contributed by atoms with van der Waals surface area (Å²) in [5.74, 6) is 0.407. The Morgan fingerprint density at radius 2 is 2.05 bits per heavy atom. The van der Waals surface area contributed by atoms with Gasteiger partial charge in [0.15, 0.2) is 5.96 Å². The van der Waals surface area contributed by atoms with E-state index in [4.69, 9.17) is 5.73 Å². The third kappa shape index (κ3) is 3.24. The number of carbonyl (C=O) groups is 1. The van der Waals surface area contributed by atoms with E-state index < -0.39 is 0 Å². The van der Waals surface area contributed by atoms with E-state index in [0.29, 0.717) is 12.5 Å². The molecular formula is C14H20N4O. The predicted molar refractivity (Wildman–Crippen MR) is 75.7 cm³/mol. The van der Waals surface area contributed by atoms with Crippen LogP contribution in [0.5, 0.6) is 0 Å². The van der Waals surface area contributed by atoms with Crippen LogP contribution in [0.25, 0.3) is 0 Å². The van der Waals surface area contributed by atoms with Gasteiger partial charge in [-0.2, -0.15) is 0 Å². The Balaban J connectivity index is 1.98. The number of amides is 1. The van der Waals surface area contributed by atoms with Crippen LogP contribution < -0.4 is 5.73 Å². The van der Waals surface area contributed by atoms with Gasteiger partial charge in [-0.05, 0) is 17.5 Å². The first kappa shape index (κ1) is 13.4. The number of hydrogen-bond acceptors (Lipinski definition) is 2. The van der Waals surface area contributed by atoms with Crippen LogP contribution in [0.4, 0.5) is 0 Å². The lowest BCUT2D eigenvalue weighted by molar-refractivity contribution is -0.130. The number of carbonyl (C=O) groups excluding carboxylic acids is 1. The van der Waals surface area contributed by atoms with Crippen LogP contribution in [0, 0.1) is 0 Å². The van der Waals surface area contributed by atoms with E-state index in [0.717, 1.165) is 13.0 Å². The minimum absolute atomic E-state index is 0.0271. The maximum atomic E-state index is 12.1. The molecule has 1 amide bonds. The molecular weight excluding hydrogens is 240 g/mol. The number of nitrogens with two attached hydrogens (primary N) is 1. The Morgan fingerprint density at radius 3 is 2.74 bits per heavy atom. The molecule has 0 saturated carbocycles. The molecule has 5 nitrogen and oxygen atoms in total. The van der Waals surface area contributed by atoms with Crippen molar-refractivity contribution in [1.82, 2.24) is 9.80 Å².